The minimum Gasteiger partial charge on any atom is -0.416 e. The zero-order chi connectivity index (χ0) is 16.8. The summed E-state index contributed by atoms with van der Waals surface area (Å²) in [6, 6.07) is 5.56. The van der Waals surface area contributed by atoms with E-state index in [1.807, 2.05) is 12.1 Å². The number of carbonyl (C=O) groups excluding carboxylic acids is 1. The van der Waals surface area contributed by atoms with Crippen LogP contribution in [0, 0.1) is 5.92 Å². The highest BCUT2D eigenvalue weighted by Crippen LogP contribution is 2.51. The Morgan fingerprint density at radius 1 is 1.43 bits per heavy atom. The number of fused-ring (bicyclic) bond motifs is 1. The van der Waals surface area contributed by atoms with Gasteiger partial charge in [0.05, 0.1) is 21.9 Å². The maximum Gasteiger partial charge on any atom is 0.414 e. The predicted molar refractivity (Wildman–Crippen MR) is 89.7 cm³/mol. The van der Waals surface area contributed by atoms with Gasteiger partial charge in [0, 0.05) is 18.5 Å². The van der Waals surface area contributed by atoms with Crippen LogP contribution < -0.4 is 0 Å². The molecule has 0 aromatic heterocycles. The van der Waals surface area contributed by atoms with Gasteiger partial charge in [0.2, 0.25) is 0 Å². The molecule has 2 fully saturated rings. The molecule has 1 aliphatic heterocycles. The molecule has 1 aromatic rings. The van der Waals surface area contributed by atoms with E-state index in [0.29, 0.717) is 41.7 Å². The summed E-state index contributed by atoms with van der Waals surface area (Å²) in [5, 5.41) is 11.1. The van der Waals surface area contributed by atoms with E-state index in [4.69, 9.17) is 27.9 Å². The van der Waals surface area contributed by atoms with E-state index in [0.717, 1.165) is 5.56 Å². The van der Waals surface area contributed by atoms with E-state index in [-0.39, 0.29) is 23.5 Å². The number of hydrogen-bond donors (Lipinski definition) is 1. The van der Waals surface area contributed by atoms with Gasteiger partial charge in [-0.1, -0.05) is 35.8 Å². The van der Waals surface area contributed by atoms with E-state index >= 15 is 0 Å². The summed E-state index contributed by atoms with van der Waals surface area (Å²) in [6.07, 6.45) is 0.512. The number of likely N-dealkylation sites (tertiary alicyclic amines) is 1. The number of aliphatic hydroxyl groups is 1. The Morgan fingerprint density at radius 2 is 2.17 bits per heavy atom. The van der Waals surface area contributed by atoms with Crippen LogP contribution in [0.1, 0.15) is 25.3 Å². The van der Waals surface area contributed by atoms with E-state index < -0.39 is 0 Å². The van der Waals surface area contributed by atoms with Crippen LogP contribution in [0.3, 0.4) is 0 Å². The van der Waals surface area contributed by atoms with E-state index in [2.05, 4.69) is 6.58 Å². The normalized spacial score (nSPS) is 29.5. The standard InChI is InChI=1S/C17H19Cl2NO3/c1-10(2)23-16(22)20-8-12-5-13(21)7-17(12,9-20)11-3-4-14(18)15(19)6-11/h3-4,6,12-13,21H,1,5,7-9H2,2H3/t12-,13-,17+/m1/s1. The van der Waals surface area contributed by atoms with Crippen molar-refractivity contribution in [3.8, 4) is 0 Å². The third kappa shape index (κ3) is 2.95. The summed E-state index contributed by atoms with van der Waals surface area (Å²) < 4.78 is 5.13. The zero-order valence-electron chi connectivity index (χ0n) is 12.9. The zero-order valence-corrected chi connectivity index (χ0v) is 14.4. The molecule has 1 aromatic carbocycles. The monoisotopic (exact) mass is 355 g/mol. The first-order valence-electron chi connectivity index (χ1n) is 7.57. The Morgan fingerprint density at radius 3 is 2.83 bits per heavy atom. The smallest absolute Gasteiger partial charge is 0.414 e. The van der Waals surface area contributed by atoms with Crippen molar-refractivity contribution in [3.05, 3.63) is 46.1 Å². The lowest BCUT2D eigenvalue weighted by molar-refractivity contribution is 0.124. The van der Waals surface area contributed by atoms with Gasteiger partial charge < -0.3 is 14.7 Å². The Hall–Kier alpha value is -1.23. The molecule has 1 saturated carbocycles. The van der Waals surface area contributed by atoms with Gasteiger partial charge in [0.25, 0.3) is 0 Å². The second kappa shape index (κ2) is 6.00. The second-order valence-electron chi connectivity index (χ2n) is 6.53. The van der Waals surface area contributed by atoms with Gasteiger partial charge in [-0.05, 0) is 43.4 Å². The summed E-state index contributed by atoms with van der Waals surface area (Å²) in [7, 11) is 0. The average molecular weight is 356 g/mol. The lowest BCUT2D eigenvalue weighted by atomic mass is 9.74. The van der Waals surface area contributed by atoms with Gasteiger partial charge in [0.1, 0.15) is 0 Å². The third-order valence-electron chi connectivity index (χ3n) is 4.87. The van der Waals surface area contributed by atoms with Gasteiger partial charge in [-0.25, -0.2) is 4.79 Å². The minimum absolute atomic E-state index is 0.174. The molecule has 1 aliphatic carbocycles. The molecule has 124 valence electrons. The lowest BCUT2D eigenvalue weighted by Crippen LogP contribution is -2.35. The lowest BCUT2D eigenvalue weighted by Gasteiger charge is -2.29. The number of benzene rings is 1. The van der Waals surface area contributed by atoms with Crippen molar-refractivity contribution < 1.29 is 14.6 Å². The molecule has 1 amide bonds. The van der Waals surface area contributed by atoms with E-state index in [9.17, 15) is 9.90 Å². The Balaban J connectivity index is 1.92. The van der Waals surface area contributed by atoms with Gasteiger partial charge in [0.15, 0.2) is 0 Å². The topological polar surface area (TPSA) is 49.8 Å². The Kier molecular flexibility index (Phi) is 4.34. The summed E-state index contributed by atoms with van der Waals surface area (Å²) in [6.45, 7) is 6.31. The van der Waals surface area contributed by atoms with Crippen molar-refractivity contribution in [3.63, 3.8) is 0 Å². The number of halogens is 2. The molecule has 23 heavy (non-hydrogen) atoms. The fourth-order valence-electron chi connectivity index (χ4n) is 3.94. The molecule has 1 heterocycles. The van der Waals surface area contributed by atoms with E-state index in [1.54, 1.807) is 17.9 Å². The quantitative estimate of drug-likeness (QED) is 0.816. The van der Waals surface area contributed by atoms with Crippen molar-refractivity contribution in [2.24, 2.45) is 5.92 Å². The first-order valence-corrected chi connectivity index (χ1v) is 8.33. The van der Waals surface area contributed by atoms with Crippen molar-refractivity contribution in [2.75, 3.05) is 13.1 Å². The number of allylic oxidation sites excluding steroid dienone is 1. The second-order valence-corrected chi connectivity index (χ2v) is 7.34. The first kappa shape index (κ1) is 16.6. The molecular weight excluding hydrogens is 337 g/mol. The molecular formula is C17H19Cl2NO3. The highest BCUT2D eigenvalue weighted by molar-refractivity contribution is 6.42. The van der Waals surface area contributed by atoms with E-state index in [1.165, 1.54) is 0 Å². The molecule has 1 N–H and O–H groups in total. The fourth-order valence-corrected chi connectivity index (χ4v) is 4.24. The minimum atomic E-state index is -0.388. The third-order valence-corrected chi connectivity index (χ3v) is 5.61. The molecule has 2 aliphatic rings. The van der Waals surface area contributed by atoms with Crippen molar-refractivity contribution in [1.82, 2.24) is 4.90 Å². The summed E-state index contributed by atoms with van der Waals surface area (Å²) in [4.78, 5) is 13.9. The molecule has 6 heteroatoms. The first-order chi connectivity index (χ1) is 10.8. The molecule has 1 saturated heterocycles. The van der Waals surface area contributed by atoms with Gasteiger partial charge in [-0.2, -0.15) is 0 Å². The van der Waals surface area contributed by atoms with Gasteiger partial charge >= 0.3 is 6.09 Å². The Labute approximate surface area is 145 Å². The molecule has 3 atom stereocenters. The highest BCUT2D eigenvalue weighted by Gasteiger charge is 2.55. The summed E-state index contributed by atoms with van der Waals surface area (Å²) in [5.41, 5.74) is 0.709. The van der Waals surface area contributed by atoms with Gasteiger partial charge in [-0.3, -0.25) is 0 Å². The number of rotatable bonds is 2. The van der Waals surface area contributed by atoms with Crippen LogP contribution in [-0.2, 0) is 10.2 Å². The van der Waals surface area contributed by atoms with Gasteiger partial charge in [-0.15, -0.1) is 0 Å². The number of aliphatic hydroxyl groups excluding tert-OH is 1. The van der Waals surface area contributed by atoms with Crippen molar-refractivity contribution in [2.45, 2.75) is 31.3 Å². The van der Waals surface area contributed by atoms with Crippen molar-refractivity contribution in [1.29, 1.82) is 0 Å². The maximum absolute atomic E-state index is 12.2. The van der Waals surface area contributed by atoms with Crippen LogP contribution in [0.25, 0.3) is 0 Å². The number of hydrogen-bond acceptors (Lipinski definition) is 3. The van der Waals surface area contributed by atoms with Crippen LogP contribution in [0.4, 0.5) is 4.79 Å². The van der Waals surface area contributed by atoms with Crippen LogP contribution >= 0.6 is 23.2 Å². The van der Waals surface area contributed by atoms with Crippen LogP contribution in [0.2, 0.25) is 10.0 Å². The fraction of sp³-hybridized carbons (Fsp3) is 0.471. The molecule has 3 rings (SSSR count). The molecule has 0 radical (unpaired) electrons. The number of nitrogens with zero attached hydrogens (tertiary/aromatic N) is 1. The van der Waals surface area contributed by atoms with Crippen LogP contribution in [0.5, 0.6) is 0 Å². The molecule has 0 unspecified atom stereocenters. The number of amides is 1. The maximum atomic E-state index is 12.2. The molecule has 0 spiro atoms. The summed E-state index contributed by atoms with van der Waals surface area (Å²) in [5.74, 6) is 0.545. The largest absolute Gasteiger partial charge is 0.416 e. The highest BCUT2D eigenvalue weighted by atomic mass is 35.5. The molecule has 4 nitrogen and oxygen atoms in total. The SMILES string of the molecule is C=C(C)OC(=O)N1C[C@H]2C[C@@H](O)C[C@@]2(c2ccc(Cl)c(Cl)c2)C1. The Bertz CT molecular complexity index is 663. The number of carbonyl (C=O) groups is 1. The van der Waals surface area contributed by atoms with Crippen LogP contribution in [0.15, 0.2) is 30.5 Å². The average Bonchev–Trinajstić information content (AvgIpc) is 2.94. The summed E-state index contributed by atoms with van der Waals surface area (Å²) >= 11 is 12.2. The molecule has 0 bridgehead atoms. The van der Waals surface area contributed by atoms with Crippen molar-refractivity contribution >= 4 is 29.3 Å². The van der Waals surface area contributed by atoms with Crippen LogP contribution in [-0.4, -0.2) is 35.3 Å². The number of ether oxygens (including phenoxy) is 1. The predicted octanol–water partition coefficient (Wildman–Crippen LogP) is 3.99.